The van der Waals surface area contributed by atoms with Gasteiger partial charge in [0, 0.05) is 5.69 Å². The normalized spacial score (nSPS) is 10.9. The maximum absolute atomic E-state index is 12.2. The van der Waals surface area contributed by atoms with Crippen LogP contribution in [0.25, 0.3) is 0 Å². The van der Waals surface area contributed by atoms with Crippen LogP contribution in [0.4, 0.5) is 5.69 Å². The Morgan fingerprint density at radius 3 is 2.19 bits per heavy atom. The zero-order valence-corrected chi connectivity index (χ0v) is 15.7. The highest BCUT2D eigenvalue weighted by Crippen LogP contribution is 2.15. The van der Waals surface area contributed by atoms with Crippen LogP contribution < -0.4 is 14.8 Å². The Labute approximate surface area is 157 Å². The predicted molar refractivity (Wildman–Crippen MR) is 99.2 cm³/mol. The van der Waals surface area contributed by atoms with Crippen molar-refractivity contribution >= 4 is 27.6 Å². The van der Waals surface area contributed by atoms with Crippen molar-refractivity contribution in [3.8, 4) is 5.75 Å². The molecule has 0 aliphatic rings. The average molecular weight is 392 g/mol. The first-order valence-corrected chi connectivity index (χ1v) is 9.55. The van der Waals surface area contributed by atoms with Gasteiger partial charge in [0.1, 0.15) is 5.75 Å². The molecule has 2 rings (SSSR count). The van der Waals surface area contributed by atoms with E-state index in [2.05, 4.69) is 10.0 Å². The topological polar surface area (TPSA) is 111 Å². The molecule has 2 N–H and O–H groups in total. The van der Waals surface area contributed by atoms with Crippen LogP contribution >= 0.6 is 0 Å². The van der Waals surface area contributed by atoms with Gasteiger partial charge < -0.3 is 14.8 Å². The van der Waals surface area contributed by atoms with E-state index in [1.807, 2.05) is 0 Å². The second-order valence-electron chi connectivity index (χ2n) is 5.35. The Morgan fingerprint density at radius 1 is 1.00 bits per heavy atom. The second kappa shape index (κ2) is 9.15. The van der Waals surface area contributed by atoms with Crippen molar-refractivity contribution in [1.29, 1.82) is 0 Å². The fraction of sp³-hybridized carbons (Fsp3) is 0.222. The van der Waals surface area contributed by atoms with Gasteiger partial charge >= 0.3 is 5.97 Å². The number of anilines is 1. The third kappa shape index (κ3) is 5.80. The zero-order valence-electron chi connectivity index (χ0n) is 14.9. The van der Waals surface area contributed by atoms with E-state index in [1.54, 1.807) is 6.92 Å². The quantitative estimate of drug-likeness (QED) is 0.663. The number of amides is 1. The summed E-state index contributed by atoms with van der Waals surface area (Å²) in [5.74, 6) is -0.475. The number of carbonyl (C=O) groups is 2. The molecule has 1 amide bonds. The highest BCUT2D eigenvalue weighted by Gasteiger charge is 2.16. The average Bonchev–Trinajstić information content (AvgIpc) is 2.67. The van der Waals surface area contributed by atoms with E-state index < -0.39 is 28.4 Å². The van der Waals surface area contributed by atoms with Gasteiger partial charge in [0.05, 0.1) is 30.7 Å². The van der Waals surface area contributed by atoms with Gasteiger partial charge in [-0.25, -0.2) is 17.9 Å². The van der Waals surface area contributed by atoms with Gasteiger partial charge in [-0.2, -0.15) is 0 Å². The van der Waals surface area contributed by atoms with Crippen molar-refractivity contribution in [2.75, 3.05) is 25.6 Å². The number of esters is 1. The first-order valence-electron chi connectivity index (χ1n) is 8.06. The molecule has 0 spiro atoms. The van der Waals surface area contributed by atoms with Gasteiger partial charge in [0.15, 0.2) is 0 Å². The lowest BCUT2D eigenvalue weighted by atomic mass is 10.2. The van der Waals surface area contributed by atoms with E-state index in [4.69, 9.17) is 9.47 Å². The third-order valence-electron chi connectivity index (χ3n) is 3.47. The molecule has 0 heterocycles. The van der Waals surface area contributed by atoms with Gasteiger partial charge in [-0.05, 0) is 55.5 Å². The molecule has 0 unspecified atom stereocenters. The van der Waals surface area contributed by atoms with Gasteiger partial charge in [-0.1, -0.05) is 0 Å². The van der Waals surface area contributed by atoms with E-state index >= 15 is 0 Å². The van der Waals surface area contributed by atoms with Crippen molar-refractivity contribution in [2.24, 2.45) is 0 Å². The van der Waals surface area contributed by atoms with Crippen molar-refractivity contribution in [3.63, 3.8) is 0 Å². The molecule has 8 nitrogen and oxygen atoms in total. The molecule has 0 saturated carbocycles. The van der Waals surface area contributed by atoms with E-state index in [-0.39, 0.29) is 11.5 Å². The number of hydrogen-bond acceptors (Lipinski definition) is 6. The van der Waals surface area contributed by atoms with E-state index in [1.165, 1.54) is 55.6 Å². The molecule has 2 aromatic carbocycles. The predicted octanol–water partition coefficient (Wildman–Crippen LogP) is 1.79. The summed E-state index contributed by atoms with van der Waals surface area (Å²) in [6.07, 6.45) is 0. The summed E-state index contributed by atoms with van der Waals surface area (Å²) in [5.41, 5.74) is 0.784. The molecule has 9 heteroatoms. The summed E-state index contributed by atoms with van der Waals surface area (Å²) in [6.45, 7) is 1.54. The summed E-state index contributed by atoms with van der Waals surface area (Å²) in [6, 6.07) is 11.9. The molecule has 0 aromatic heterocycles. The van der Waals surface area contributed by atoms with Crippen molar-refractivity contribution in [1.82, 2.24) is 4.72 Å². The second-order valence-corrected chi connectivity index (χ2v) is 7.11. The largest absolute Gasteiger partial charge is 0.497 e. The third-order valence-corrected chi connectivity index (χ3v) is 4.89. The molecule has 144 valence electrons. The van der Waals surface area contributed by atoms with E-state index in [0.717, 1.165) is 0 Å². The number of methoxy groups -OCH3 is 1. The Kier molecular flexibility index (Phi) is 6.91. The fourth-order valence-electron chi connectivity index (χ4n) is 2.11. The van der Waals surface area contributed by atoms with Crippen LogP contribution in [0, 0.1) is 0 Å². The molecule has 0 bridgehead atoms. The number of hydrogen-bond donors (Lipinski definition) is 2. The number of carbonyl (C=O) groups excluding carboxylic acids is 2. The molecule has 0 saturated heterocycles. The summed E-state index contributed by atoms with van der Waals surface area (Å²) in [5, 5.41) is 2.54. The van der Waals surface area contributed by atoms with Gasteiger partial charge in [0.25, 0.3) is 0 Å². The molecular weight excluding hydrogens is 372 g/mol. The minimum atomic E-state index is -3.82. The molecule has 0 aliphatic carbocycles. The van der Waals surface area contributed by atoms with Crippen molar-refractivity contribution in [2.45, 2.75) is 11.8 Å². The maximum Gasteiger partial charge on any atom is 0.338 e. The number of rotatable bonds is 8. The van der Waals surface area contributed by atoms with Crippen molar-refractivity contribution in [3.05, 3.63) is 54.1 Å². The molecule has 0 atom stereocenters. The van der Waals surface area contributed by atoms with Gasteiger partial charge in [-0.3, -0.25) is 4.79 Å². The number of benzene rings is 2. The SMILES string of the molecule is CCOC(=O)c1ccc(NC(=O)CNS(=O)(=O)c2ccc(OC)cc2)cc1. The molecule has 0 fully saturated rings. The van der Waals surface area contributed by atoms with E-state index in [9.17, 15) is 18.0 Å². The Bertz CT molecular complexity index is 892. The molecule has 0 radical (unpaired) electrons. The van der Waals surface area contributed by atoms with Gasteiger partial charge in [-0.15, -0.1) is 0 Å². The molecule has 0 aliphatic heterocycles. The zero-order chi connectivity index (χ0) is 19.9. The smallest absolute Gasteiger partial charge is 0.338 e. The van der Waals surface area contributed by atoms with Crippen LogP contribution in [0.2, 0.25) is 0 Å². The van der Waals surface area contributed by atoms with E-state index in [0.29, 0.717) is 17.0 Å². The summed E-state index contributed by atoms with van der Waals surface area (Å²) in [4.78, 5) is 23.6. The highest BCUT2D eigenvalue weighted by molar-refractivity contribution is 7.89. The Hall–Kier alpha value is -2.91. The van der Waals surface area contributed by atoms with Crippen LogP contribution in [0.3, 0.4) is 0 Å². The summed E-state index contributed by atoms with van der Waals surface area (Å²) >= 11 is 0. The maximum atomic E-state index is 12.2. The highest BCUT2D eigenvalue weighted by atomic mass is 32.2. The molecule has 2 aromatic rings. The van der Waals surface area contributed by atoms with Gasteiger partial charge in [0.2, 0.25) is 15.9 Å². The Morgan fingerprint density at radius 2 is 1.63 bits per heavy atom. The summed E-state index contributed by atoms with van der Waals surface area (Å²) < 4.78 is 36.4. The fourth-order valence-corrected chi connectivity index (χ4v) is 3.09. The number of nitrogens with one attached hydrogen (secondary N) is 2. The monoisotopic (exact) mass is 392 g/mol. The molecule has 27 heavy (non-hydrogen) atoms. The van der Waals surface area contributed by atoms with Crippen LogP contribution in [-0.2, 0) is 19.6 Å². The van der Waals surface area contributed by atoms with Crippen molar-refractivity contribution < 1.29 is 27.5 Å². The standard InChI is InChI=1S/C18H20N2O6S/c1-3-26-18(22)13-4-6-14(7-5-13)20-17(21)12-19-27(23,24)16-10-8-15(25-2)9-11-16/h4-11,19H,3,12H2,1-2H3,(H,20,21). The van der Waals surface area contributed by atoms with Crippen LogP contribution in [-0.4, -0.2) is 40.6 Å². The lowest BCUT2D eigenvalue weighted by Gasteiger charge is -2.09. The van der Waals surface area contributed by atoms with Crippen LogP contribution in [0.1, 0.15) is 17.3 Å². The number of sulfonamides is 1. The minimum Gasteiger partial charge on any atom is -0.497 e. The first kappa shape index (κ1) is 20.4. The lowest BCUT2D eigenvalue weighted by molar-refractivity contribution is -0.115. The molecular formula is C18H20N2O6S. The lowest BCUT2D eigenvalue weighted by Crippen LogP contribution is -2.32. The summed E-state index contributed by atoms with van der Waals surface area (Å²) in [7, 11) is -2.35. The first-order chi connectivity index (χ1) is 12.9. The van der Waals surface area contributed by atoms with Crippen LogP contribution in [0.15, 0.2) is 53.4 Å². The number of ether oxygens (including phenoxy) is 2. The Balaban J connectivity index is 1.92. The van der Waals surface area contributed by atoms with Crippen LogP contribution in [0.5, 0.6) is 5.75 Å². The minimum absolute atomic E-state index is 0.0230.